The van der Waals surface area contributed by atoms with Crippen LogP contribution in [0.5, 0.6) is 0 Å². The number of pyridine rings is 1. The van der Waals surface area contributed by atoms with Crippen molar-refractivity contribution in [3.05, 3.63) is 69.2 Å². The number of aryl methyl sites for hydroxylation is 3. The first kappa shape index (κ1) is 23.8. The Kier molecular flexibility index (Phi) is 5.15. The second-order valence-corrected chi connectivity index (χ2v) is 9.60. The monoisotopic (exact) mass is 497 g/mol. The number of alkyl halides is 6. The molecule has 186 valence electrons. The van der Waals surface area contributed by atoms with Gasteiger partial charge in [0.2, 0.25) is 0 Å². The number of carbonyl (C=O) groups excluding carboxylic acids is 1. The van der Waals surface area contributed by atoms with E-state index in [0.29, 0.717) is 17.7 Å². The zero-order chi connectivity index (χ0) is 25.6. The van der Waals surface area contributed by atoms with Crippen molar-refractivity contribution in [3.8, 4) is 0 Å². The van der Waals surface area contributed by atoms with Crippen molar-refractivity contribution in [1.82, 2.24) is 4.98 Å². The highest BCUT2D eigenvalue weighted by atomic mass is 19.4. The van der Waals surface area contributed by atoms with Gasteiger partial charge in [-0.15, -0.1) is 0 Å². The summed E-state index contributed by atoms with van der Waals surface area (Å²) in [5.41, 5.74) is -0.173. The van der Waals surface area contributed by atoms with Gasteiger partial charge in [-0.25, -0.2) is 4.98 Å². The van der Waals surface area contributed by atoms with Crippen LogP contribution in [0.2, 0.25) is 0 Å². The van der Waals surface area contributed by atoms with Gasteiger partial charge in [-0.1, -0.05) is 17.7 Å². The molecule has 3 unspecified atom stereocenters. The Bertz CT molecular complexity index is 1220. The number of rotatable bonds is 2. The average Bonchev–Trinajstić information content (AvgIpc) is 3.39. The standard InChI is InChI=1S/C25H21F6NO3/c1-9-4-10(2)17(11(3)5-9)19-21(33)18-14-8-13(23(35-14)20(18)22(19)34)12-6-15(24(26,27)28)32-16(7-12)25(29,30)31/h4-7,13-14,18,20,23,34H,8H2,1-3H3/t13?,14?,18-,20+,23?/m0/s1. The quantitative estimate of drug-likeness (QED) is 0.511. The Labute approximate surface area is 196 Å². The molecular formula is C25H21F6NO3. The van der Waals surface area contributed by atoms with E-state index < -0.39 is 53.7 Å². The summed E-state index contributed by atoms with van der Waals surface area (Å²) >= 11 is 0. The number of hydrogen-bond acceptors (Lipinski definition) is 4. The molecule has 0 saturated carbocycles. The second-order valence-electron chi connectivity index (χ2n) is 9.60. The lowest BCUT2D eigenvalue weighted by molar-refractivity contribution is -0.150. The van der Waals surface area contributed by atoms with Crippen molar-refractivity contribution in [1.29, 1.82) is 0 Å². The number of carbonyl (C=O) groups is 1. The minimum atomic E-state index is -5.07. The van der Waals surface area contributed by atoms with Crippen molar-refractivity contribution in [2.75, 3.05) is 0 Å². The number of aromatic nitrogens is 1. The summed E-state index contributed by atoms with van der Waals surface area (Å²) in [7, 11) is 0. The topological polar surface area (TPSA) is 59.4 Å². The largest absolute Gasteiger partial charge is 0.511 e. The third-order valence-corrected chi connectivity index (χ3v) is 7.26. The van der Waals surface area contributed by atoms with E-state index in [1.54, 1.807) is 0 Å². The number of Topliss-reactive ketones (excluding diaryl/α,β-unsaturated/α-hetero) is 1. The Morgan fingerprint density at radius 3 is 1.97 bits per heavy atom. The summed E-state index contributed by atoms with van der Waals surface area (Å²) in [5.74, 6) is -2.94. The number of hydrogen-bond donors (Lipinski definition) is 1. The molecule has 1 N–H and O–H groups in total. The molecule has 0 spiro atoms. The number of aliphatic hydroxyl groups excluding tert-OH is 1. The van der Waals surface area contributed by atoms with Crippen molar-refractivity contribution in [3.63, 3.8) is 0 Å². The van der Waals surface area contributed by atoms with E-state index in [1.807, 2.05) is 32.9 Å². The molecule has 0 radical (unpaired) electrons. The van der Waals surface area contributed by atoms with Gasteiger partial charge in [0.05, 0.1) is 29.6 Å². The molecule has 35 heavy (non-hydrogen) atoms. The molecule has 2 bridgehead atoms. The van der Waals surface area contributed by atoms with Gasteiger partial charge in [0.1, 0.15) is 17.1 Å². The molecule has 2 aromatic rings. The SMILES string of the molecule is Cc1cc(C)c(C2=C(O)[C@@H]3C4OC(CC4c4cc(C(F)(F)F)nc(C(F)(F)F)c4)[C@@H]3C2=O)c(C)c1. The first-order valence-corrected chi connectivity index (χ1v) is 11.1. The van der Waals surface area contributed by atoms with Crippen LogP contribution < -0.4 is 0 Å². The van der Waals surface area contributed by atoms with Gasteiger partial charge in [0, 0.05) is 5.92 Å². The molecule has 3 aliphatic rings. The van der Waals surface area contributed by atoms with E-state index in [9.17, 15) is 36.2 Å². The average molecular weight is 497 g/mol. The summed E-state index contributed by atoms with van der Waals surface area (Å²) in [4.78, 5) is 16.2. The highest BCUT2D eigenvalue weighted by molar-refractivity contribution is 6.26. The maximum Gasteiger partial charge on any atom is 0.433 e. The van der Waals surface area contributed by atoms with Crippen LogP contribution in [0.3, 0.4) is 0 Å². The van der Waals surface area contributed by atoms with Crippen LogP contribution in [0.15, 0.2) is 30.0 Å². The fourth-order valence-corrected chi connectivity index (χ4v) is 6.06. The Hall–Kier alpha value is -2.88. The van der Waals surface area contributed by atoms with E-state index in [0.717, 1.165) is 16.7 Å². The third kappa shape index (κ3) is 3.64. The van der Waals surface area contributed by atoms with Gasteiger partial charge < -0.3 is 9.84 Å². The smallest absolute Gasteiger partial charge is 0.433 e. The highest BCUT2D eigenvalue weighted by Crippen LogP contribution is 2.58. The number of nitrogens with zero attached hydrogens (tertiary/aromatic N) is 1. The molecular weight excluding hydrogens is 476 g/mol. The van der Waals surface area contributed by atoms with Gasteiger partial charge in [-0.05, 0) is 61.6 Å². The van der Waals surface area contributed by atoms with Crippen molar-refractivity contribution >= 4 is 11.4 Å². The minimum Gasteiger partial charge on any atom is -0.511 e. The molecule has 10 heteroatoms. The van der Waals surface area contributed by atoms with Crippen LogP contribution >= 0.6 is 0 Å². The zero-order valence-corrected chi connectivity index (χ0v) is 18.9. The Morgan fingerprint density at radius 1 is 0.914 bits per heavy atom. The van der Waals surface area contributed by atoms with Crippen molar-refractivity contribution in [2.24, 2.45) is 11.8 Å². The van der Waals surface area contributed by atoms with Gasteiger partial charge in [0.25, 0.3) is 0 Å². The lowest BCUT2D eigenvalue weighted by Crippen LogP contribution is -2.34. The summed E-state index contributed by atoms with van der Waals surface area (Å²) in [6, 6.07) is 4.97. The molecule has 5 rings (SSSR count). The molecule has 2 fully saturated rings. The molecule has 1 aliphatic carbocycles. The molecule has 5 atom stereocenters. The molecule has 1 aromatic heterocycles. The zero-order valence-electron chi connectivity index (χ0n) is 18.9. The summed E-state index contributed by atoms with van der Waals surface area (Å²) in [6.45, 7) is 5.54. The first-order valence-electron chi connectivity index (χ1n) is 11.1. The third-order valence-electron chi connectivity index (χ3n) is 7.26. The Balaban J connectivity index is 1.58. The van der Waals surface area contributed by atoms with Gasteiger partial charge >= 0.3 is 12.4 Å². The van der Waals surface area contributed by atoms with Gasteiger partial charge in [-0.3, -0.25) is 4.79 Å². The van der Waals surface area contributed by atoms with E-state index >= 15 is 0 Å². The second kappa shape index (κ2) is 7.56. The first-order chi connectivity index (χ1) is 16.2. The number of fused-ring (bicyclic) bond motifs is 5. The molecule has 1 aromatic carbocycles. The van der Waals surface area contributed by atoms with Gasteiger partial charge in [-0.2, -0.15) is 26.3 Å². The van der Waals surface area contributed by atoms with E-state index in [2.05, 4.69) is 4.98 Å². The fourth-order valence-electron chi connectivity index (χ4n) is 6.06. The number of allylic oxidation sites excluding steroid dienone is 1. The molecule has 2 aliphatic heterocycles. The fraction of sp³-hybridized carbons (Fsp3) is 0.440. The summed E-state index contributed by atoms with van der Waals surface area (Å²) in [6.07, 6.45) is -11.7. The van der Waals surface area contributed by atoms with Crippen LogP contribution in [0, 0.1) is 32.6 Å². The van der Waals surface area contributed by atoms with Crippen molar-refractivity contribution in [2.45, 2.75) is 57.7 Å². The number of aliphatic hydroxyl groups is 1. The van der Waals surface area contributed by atoms with Crippen LogP contribution in [-0.2, 0) is 21.9 Å². The minimum absolute atomic E-state index is 0.0720. The normalized spacial score (nSPS) is 28.3. The molecule has 2 saturated heterocycles. The van der Waals surface area contributed by atoms with Crippen LogP contribution in [-0.4, -0.2) is 28.1 Å². The predicted octanol–water partition coefficient (Wildman–Crippen LogP) is 6.08. The van der Waals surface area contributed by atoms with Crippen molar-refractivity contribution < 1.29 is 41.0 Å². The summed E-state index contributed by atoms with van der Waals surface area (Å²) < 4.78 is 85.8. The lowest BCUT2D eigenvalue weighted by Gasteiger charge is -2.28. The Morgan fingerprint density at radius 2 is 1.46 bits per heavy atom. The van der Waals surface area contributed by atoms with Crippen LogP contribution in [0.4, 0.5) is 26.3 Å². The van der Waals surface area contributed by atoms with E-state index in [4.69, 9.17) is 4.74 Å². The lowest BCUT2D eigenvalue weighted by atomic mass is 9.72. The van der Waals surface area contributed by atoms with E-state index in [1.165, 1.54) is 0 Å². The molecule has 4 nitrogen and oxygen atoms in total. The summed E-state index contributed by atoms with van der Waals surface area (Å²) in [5, 5.41) is 11.2. The maximum absolute atomic E-state index is 13.4. The van der Waals surface area contributed by atoms with Crippen LogP contribution in [0.25, 0.3) is 5.57 Å². The number of ketones is 1. The molecule has 3 heterocycles. The highest BCUT2D eigenvalue weighted by Gasteiger charge is 2.63. The molecule has 0 amide bonds. The van der Waals surface area contributed by atoms with Crippen LogP contribution in [0.1, 0.15) is 51.5 Å². The van der Waals surface area contributed by atoms with E-state index in [-0.39, 0.29) is 29.1 Å². The number of benzene rings is 1. The van der Waals surface area contributed by atoms with Gasteiger partial charge in [0.15, 0.2) is 5.78 Å². The number of ether oxygens (including phenoxy) is 1. The maximum atomic E-state index is 13.4. The predicted molar refractivity (Wildman–Crippen MR) is 112 cm³/mol. The number of halogens is 6.